The summed E-state index contributed by atoms with van der Waals surface area (Å²) < 4.78 is 34.1. The van der Waals surface area contributed by atoms with Crippen LogP contribution in [-0.4, -0.2) is 68.9 Å². The van der Waals surface area contributed by atoms with E-state index >= 15 is 4.39 Å². The minimum atomic E-state index is -0.535. The Bertz CT molecular complexity index is 2040. The zero-order valence-electron chi connectivity index (χ0n) is 34.0. The summed E-state index contributed by atoms with van der Waals surface area (Å²) in [5.74, 6) is 1.78. The lowest BCUT2D eigenvalue weighted by Crippen LogP contribution is -2.31. The van der Waals surface area contributed by atoms with Gasteiger partial charge in [-0.15, -0.1) is 0 Å². The molecule has 3 heterocycles. The second-order valence-corrected chi connectivity index (χ2v) is 16.1. The molecule has 0 fully saturated rings. The number of carbonyl (C=O) groups is 2. The van der Waals surface area contributed by atoms with Crippen LogP contribution in [0.1, 0.15) is 76.5 Å². The first-order valence-electron chi connectivity index (χ1n) is 19.9. The van der Waals surface area contributed by atoms with Crippen molar-refractivity contribution in [1.82, 2.24) is 30.2 Å². The highest BCUT2D eigenvalue weighted by atomic mass is 33.1. The molecule has 0 saturated carbocycles. The molecule has 4 aromatic rings. The average molecular weight is 833 g/mol. The molecule has 0 spiro atoms. The summed E-state index contributed by atoms with van der Waals surface area (Å²) in [6.07, 6.45) is 30.9. The molecule has 58 heavy (non-hydrogen) atoms. The van der Waals surface area contributed by atoms with Gasteiger partial charge in [-0.25, -0.2) is 13.7 Å². The van der Waals surface area contributed by atoms with Gasteiger partial charge in [-0.3, -0.25) is 4.79 Å². The van der Waals surface area contributed by atoms with Crippen molar-refractivity contribution in [2.75, 3.05) is 31.2 Å². The Morgan fingerprint density at radius 3 is 2.26 bits per heavy atom. The first-order valence-corrected chi connectivity index (χ1v) is 22.4. The van der Waals surface area contributed by atoms with E-state index in [-0.39, 0.29) is 24.1 Å². The van der Waals surface area contributed by atoms with Crippen molar-refractivity contribution >= 4 is 50.0 Å². The smallest absolute Gasteiger partial charge is 0.407 e. The number of halogens is 1. The number of benzene rings is 1. The maximum Gasteiger partial charge on any atom is 0.407 e. The van der Waals surface area contributed by atoms with E-state index in [4.69, 9.17) is 14.2 Å². The van der Waals surface area contributed by atoms with Gasteiger partial charge in [0.25, 0.3) is 0 Å². The van der Waals surface area contributed by atoms with Gasteiger partial charge in [0, 0.05) is 53.2 Å². The molecule has 312 valence electrons. The Kier molecular flexibility index (Phi) is 20.6. The first kappa shape index (κ1) is 45.7. The number of amides is 2. The third kappa shape index (κ3) is 16.1. The van der Waals surface area contributed by atoms with E-state index in [1.165, 1.54) is 6.33 Å². The molecular formula is C44H57FN6O5S2. The molecule has 1 unspecified atom stereocenters. The van der Waals surface area contributed by atoms with Crippen molar-refractivity contribution in [1.29, 1.82) is 0 Å². The molecule has 3 aromatic heterocycles. The summed E-state index contributed by atoms with van der Waals surface area (Å²) >= 11 is 0. The minimum absolute atomic E-state index is 0.0451. The Labute approximate surface area is 349 Å². The van der Waals surface area contributed by atoms with Crippen LogP contribution in [0.25, 0.3) is 16.4 Å². The quantitative estimate of drug-likeness (QED) is 0.0321. The number of rotatable bonds is 26. The molecule has 0 saturated heterocycles. The van der Waals surface area contributed by atoms with Gasteiger partial charge in [-0.05, 0) is 83.9 Å². The Morgan fingerprint density at radius 2 is 1.57 bits per heavy atom. The second kappa shape index (κ2) is 26.1. The molecule has 3 N–H and O–H groups in total. The van der Waals surface area contributed by atoms with Crippen LogP contribution in [0.2, 0.25) is 0 Å². The molecule has 0 bridgehead atoms. The van der Waals surface area contributed by atoms with Gasteiger partial charge in [-0.2, -0.15) is 10.1 Å². The first-order chi connectivity index (χ1) is 28.3. The molecule has 0 aliphatic rings. The van der Waals surface area contributed by atoms with Crippen LogP contribution >= 0.6 is 21.6 Å². The van der Waals surface area contributed by atoms with Crippen molar-refractivity contribution in [3.63, 3.8) is 0 Å². The number of hydrogen-bond acceptors (Lipinski definition) is 9. The van der Waals surface area contributed by atoms with Crippen LogP contribution < -0.4 is 20.1 Å². The molecule has 0 aliphatic heterocycles. The Hall–Kier alpha value is -4.95. The molecule has 4 rings (SSSR count). The lowest BCUT2D eigenvalue weighted by atomic mass is 10.2. The number of nitrogens with zero attached hydrogens (tertiary/aromatic N) is 3. The number of unbranched alkanes of at least 4 members (excludes halogenated alkanes) is 1. The number of fused-ring (bicyclic) bond motifs is 2. The predicted octanol–water partition coefficient (Wildman–Crippen LogP) is 10.7. The molecule has 0 radical (unpaired) electrons. The molecule has 1 aromatic carbocycles. The van der Waals surface area contributed by atoms with Gasteiger partial charge in [0.15, 0.2) is 11.6 Å². The molecule has 11 nitrogen and oxygen atoms in total. The number of allylic oxidation sites excluding steroid dienone is 10. The van der Waals surface area contributed by atoms with Crippen molar-refractivity contribution in [3.05, 3.63) is 109 Å². The van der Waals surface area contributed by atoms with Gasteiger partial charge in [0.2, 0.25) is 11.8 Å². The monoisotopic (exact) mass is 832 g/mol. The van der Waals surface area contributed by atoms with Crippen LogP contribution in [0.5, 0.6) is 17.4 Å². The number of ether oxygens (including phenoxy) is 3. The maximum atomic E-state index is 15.2. The molecule has 2 amide bonds. The number of aromatic amines is 1. The average Bonchev–Trinajstić information content (AvgIpc) is 3.76. The number of aryl methyl sites for hydroxylation is 2. The number of nitrogens with one attached hydrogen (secondary N) is 3. The van der Waals surface area contributed by atoms with Crippen LogP contribution in [0.15, 0.2) is 91.5 Å². The SMILES string of the molecule is CCC=CCC=CCC=CCC=CCC=CCCCC(=O)NCCSSCCNC(=O)OC(C)COc1cn2ncnc(Oc3ccc4[nH]c(C)cc4c3F)c2c1C. The van der Waals surface area contributed by atoms with E-state index in [0.29, 0.717) is 53.0 Å². The lowest BCUT2D eigenvalue weighted by molar-refractivity contribution is -0.121. The van der Waals surface area contributed by atoms with Crippen LogP contribution in [-0.2, 0) is 9.53 Å². The second-order valence-electron chi connectivity index (χ2n) is 13.4. The topological polar surface area (TPSA) is 132 Å². The van der Waals surface area contributed by atoms with Crippen LogP contribution in [0, 0.1) is 19.7 Å². The normalized spacial score (nSPS) is 12.6. The predicted molar refractivity (Wildman–Crippen MR) is 236 cm³/mol. The lowest BCUT2D eigenvalue weighted by Gasteiger charge is -2.14. The fraction of sp³-hybridized carbons (Fsp3) is 0.409. The number of hydrogen-bond donors (Lipinski definition) is 3. The molecular weight excluding hydrogens is 776 g/mol. The zero-order chi connectivity index (χ0) is 41.4. The summed E-state index contributed by atoms with van der Waals surface area (Å²) in [4.78, 5) is 31.8. The van der Waals surface area contributed by atoms with Gasteiger partial charge in [0.05, 0.1) is 6.20 Å². The third-order valence-electron chi connectivity index (χ3n) is 8.55. The van der Waals surface area contributed by atoms with E-state index in [1.54, 1.807) is 57.4 Å². The molecule has 0 aliphatic carbocycles. The van der Waals surface area contributed by atoms with Crippen molar-refractivity contribution in [3.8, 4) is 17.4 Å². The third-order valence-corrected chi connectivity index (χ3v) is 11.0. The number of H-pyrrole nitrogens is 1. The summed E-state index contributed by atoms with van der Waals surface area (Å²) in [6.45, 7) is 8.72. The highest BCUT2D eigenvalue weighted by Gasteiger charge is 2.19. The summed E-state index contributed by atoms with van der Waals surface area (Å²) in [5, 5.41) is 10.4. The van der Waals surface area contributed by atoms with Gasteiger partial charge in [-0.1, -0.05) is 89.3 Å². The summed E-state index contributed by atoms with van der Waals surface area (Å²) in [6, 6.07) is 5.05. The summed E-state index contributed by atoms with van der Waals surface area (Å²) in [5.41, 5.74) is 2.75. The largest absolute Gasteiger partial charge is 0.488 e. The fourth-order valence-corrected chi connectivity index (χ4v) is 7.46. The fourth-order valence-electron chi connectivity index (χ4n) is 5.64. The van der Waals surface area contributed by atoms with Gasteiger partial charge in [0.1, 0.15) is 30.3 Å². The highest BCUT2D eigenvalue weighted by Crippen LogP contribution is 2.35. The van der Waals surface area contributed by atoms with Crippen LogP contribution in [0.4, 0.5) is 9.18 Å². The van der Waals surface area contributed by atoms with Crippen molar-refractivity contribution in [2.24, 2.45) is 0 Å². The molecule has 1 atom stereocenters. The summed E-state index contributed by atoms with van der Waals surface area (Å²) in [7, 11) is 3.27. The number of aromatic nitrogens is 4. The van der Waals surface area contributed by atoms with E-state index in [2.05, 4.69) is 93.4 Å². The van der Waals surface area contributed by atoms with E-state index < -0.39 is 18.0 Å². The van der Waals surface area contributed by atoms with E-state index in [1.807, 2.05) is 13.8 Å². The standard InChI is InChI=1S/C44H57FN6O5S2/c1-5-6-7-8-9-10-11-12-13-14-15-16-17-18-19-20-21-22-40(52)46-25-27-57-58-28-26-47-44(53)55-34(3)31-54-39-30-51-42(35(39)4)43(48-32-49-51)56-38-24-23-37-36(41(38)45)29-33(2)50-37/h6-7,9-10,12-13,15-16,18-19,23-24,29-30,32,34,50H,5,8,11,14,17,20-22,25-28,31H2,1-4H3,(H,46,52)(H,47,53). The zero-order valence-corrected chi connectivity index (χ0v) is 35.6. The maximum absolute atomic E-state index is 15.2. The highest BCUT2D eigenvalue weighted by molar-refractivity contribution is 8.76. The van der Waals surface area contributed by atoms with E-state index in [0.717, 1.165) is 56.4 Å². The van der Waals surface area contributed by atoms with Crippen molar-refractivity contribution < 1.29 is 28.2 Å². The Morgan fingerprint density at radius 1 is 0.914 bits per heavy atom. The van der Waals surface area contributed by atoms with Gasteiger partial charge < -0.3 is 29.8 Å². The number of carbonyl (C=O) groups excluding carboxylic acids is 2. The van der Waals surface area contributed by atoms with Crippen LogP contribution in [0.3, 0.4) is 0 Å². The van der Waals surface area contributed by atoms with E-state index in [9.17, 15) is 9.59 Å². The minimum Gasteiger partial charge on any atom is -0.488 e. The van der Waals surface area contributed by atoms with Crippen molar-refractivity contribution in [2.45, 2.75) is 85.2 Å². The number of alkyl carbamates (subject to hydrolysis) is 1. The molecule has 14 heteroatoms. The van der Waals surface area contributed by atoms with Gasteiger partial charge >= 0.3 is 6.09 Å². The Balaban J connectivity index is 0.998.